The summed E-state index contributed by atoms with van der Waals surface area (Å²) >= 11 is 1.51. The third kappa shape index (κ3) is 5.32. The molecular weight excluding hydrogens is 476 g/mol. The van der Waals surface area contributed by atoms with Crippen molar-refractivity contribution in [3.8, 4) is 0 Å². The number of thiophene rings is 1. The Morgan fingerprint density at radius 2 is 1.81 bits per heavy atom. The van der Waals surface area contributed by atoms with Crippen molar-refractivity contribution in [2.45, 2.75) is 6.92 Å². The Labute approximate surface area is 214 Å². The number of hydrogen-bond acceptors (Lipinski definition) is 7. The molecule has 1 aromatic heterocycles. The van der Waals surface area contributed by atoms with Crippen LogP contribution >= 0.6 is 11.3 Å². The monoisotopic (exact) mass is 504 g/mol. The van der Waals surface area contributed by atoms with Crippen molar-refractivity contribution in [3.63, 3.8) is 0 Å². The van der Waals surface area contributed by atoms with Crippen molar-refractivity contribution in [2.24, 2.45) is 0 Å². The molecule has 4 rings (SSSR count). The predicted octanol–water partition coefficient (Wildman–Crippen LogP) is 4.38. The third-order valence-electron chi connectivity index (χ3n) is 5.80. The van der Waals surface area contributed by atoms with Gasteiger partial charge in [-0.05, 0) is 61.9 Å². The number of carbonyl (C=O) groups is 3. The van der Waals surface area contributed by atoms with Crippen LogP contribution in [0.1, 0.15) is 27.7 Å². The predicted molar refractivity (Wildman–Crippen MR) is 144 cm³/mol. The largest absolute Gasteiger partial charge is 0.465 e. The quantitative estimate of drug-likeness (QED) is 0.350. The number of amides is 2. The van der Waals surface area contributed by atoms with Crippen LogP contribution in [0, 0.1) is 0 Å². The third-order valence-corrected chi connectivity index (χ3v) is 6.69. The highest BCUT2D eigenvalue weighted by molar-refractivity contribution is 7.11. The summed E-state index contributed by atoms with van der Waals surface area (Å²) in [5, 5.41) is 8.23. The van der Waals surface area contributed by atoms with E-state index in [9.17, 15) is 14.4 Å². The molecule has 0 unspecified atom stereocenters. The van der Waals surface area contributed by atoms with Crippen LogP contribution in [0.15, 0.2) is 60.0 Å². The molecule has 2 heterocycles. The lowest BCUT2D eigenvalue weighted by atomic mass is 10.0. The summed E-state index contributed by atoms with van der Waals surface area (Å²) in [5.41, 5.74) is 4.36. The highest BCUT2D eigenvalue weighted by atomic mass is 32.1. The summed E-state index contributed by atoms with van der Waals surface area (Å²) in [5.74, 6) is -0.748. The van der Waals surface area contributed by atoms with Crippen LogP contribution in [-0.2, 0) is 14.3 Å². The van der Waals surface area contributed by atoms with Gasteiger partial charge < -0.3 is 25.2 Å². The van der Waals surface area contributed by atoms with E-state index in [0.717, 1.165) is 22.8 Å². The van der Waals surface area contributed by atoms with Crippen molar-refractivity contribution in [3.05, 3.63) is 76.0 Å². The summed E-state index contributed by atoms with van der Waals surface area (Å²) in [6, 6.07) is 16.5. The SMILES string of the molecule is COC(=O)c1ccc2c(c1)NC(=O)/C2=C(\Nc1ccc(N(CCN(C)C)C(C)=O)cc1)c1cccs1. The van der Waals surface area contributed by atoms with Crippen molar-refractivity contribution in [2.75, 3.05) is 49.8 Å². The van der Waals surface area contributed by atoms with Gasteiger partial charge in [0, 0.05) is 37.0 Å². The number of methoxy groups -OCH3 is 1. The van der Waals surface area contributed by atoms with Gasteiger partial charge in [-0.1, -0.05) is 12.1 Å². The molecule has 0 bridgehead atoms. The summed E-state index contributed by atoms with van der Waals surface area (Å²) in [7, 11) is 5.26. The molecule has 2 amide bonds. The van der Waals surface area contributed by atoms with Gasteiger partial charge in [0.1, 0.15) is 0 Å². The fourth-order valence-corrected chi connectivity index (χ4v) is 4.70. The van der Waals surface area contributed by atoms with E-state index in [-0.39, 0.29) is 11.8 Å². The average molecular weight is 505 g/mol. The molecule has 186 valence electrons. The smallest absolute Gasteiger partial charge is 0.337 e. The van der Waals surface area contributed by atoms with E-state index in [2.05, 4.69) is 10.6 Å². The number of esters is 1. The van der Waals surface area contributed by atoms with E-state index in [4.69, 9.17) is 4.74 Å². The number of rotatable bonds is 8. The zero-order valence-corrected chi connectivity index (χ0v) is 21.4. The topological polar surface area (TPSA) is 91.0 Å². The number of nitrogens with one attached hydrogen (secondary N) is 2. The zero-order chi connectivity index (χ0) is 25.8. The number of carbonyl (C=O) groups excluding carboxylic acids is 3. The molecule has 0 atom stereocenters. The van der Waals surface area contributed by atoms with Gasteiger partial charge in [-0.3, -0.25) is 9.59 Å². The Morgan fingerprint density at radius 3 is 2.42 bits per heavy atom. The van der Waals surface area contributed by atoms with Gasteiger partial charge >= 0.3 is 5.97 Å². The molecular formula is C27H28N4O4S. The molecule has 2 aromatic carbocycles. The Morgan fingerprint density at radius 1 is 1.06 bits per heavy atom. The Balaban J connectivity index is 1.69. The molecule has 0 aliphatic carbocycles. The van der Waals surface area contributed by atoms with E-state index in [1.165, 1.54) is 18.4 Å². The number of ether oxygens (including phenoxy) is 1. The van der Waals surface area contributed by atoms with Crippen LogP contribution in [0.3, 0.4) is 0 Å². The van der Waals surface area contributed by atoms with Gasteiger partial charge in [0.2, 0.25) is 5.91 Å². The van der Waals surface area contributed by atoms with E-state index >= 15 is 0 Å². The lowest BCUT2D eigenvalue weighted by Gasteiger charge is -2.23. The first-order chi connectivity index (χ1) is 17.3. The number of likely N-dealkylation sites (N-methyl/N-ethyl adjacent to an activating group) is 1. The van der Waals surface area contributed by atoms with Gasteiger partial charge in [-0.25, -0.2) is 4.79 Å². The summed E-state index contributed by atoms with van der Waals surface area (Å²) in [6.07, 6.45) is 0. The Hall–Kier alpha value is -3.95. The molecule has 1 aliphatic rings. The number of hydrogen-bond donors (Lipinski definition) is 2. The van der Waals surface area contributed by atoms with Gasteiger partial charge in [-0.2, -0.15) is 0 Å². The highest BCUT2D eigenvalue weighted by Gasteiger charge is 2.29. The first kappa shape index (κ1) is 25.2. The van der Waals surface area contributed by atoms with Gasteiger partial charge in [0.15, 0.2) is 0 Å². The minimum absolute atomic E-state index is 0.0236. The molecule has 0 radical (unpaired) electrons. The maximum absolute atomic E-state index is 13.1. The van der Waals surface area contributed by atoms with Crippen LogP contribution in [0.4, 0.5) is 17.1 Å². The lowest BCUT2D eigenvalue weighted by Crippen LogP contribution is -2.35. The second-order valence-corrected chi connectivity index (χ2v) is 9.53. The standard InChI is InChI=1S/C27H28N4O4S/c1-17(32)31(14-13-30(2)3)20-10-8-19(9-11-20)28-25(23-6-5-15-36-23)24-21-12-7-18(27(34)35-4)16-22(21)29-26(24)33/h5-12,15-16,28H,13-14H2,1-4H3,(H,29,33)/b25-24-. The molecule has 0 saturated carbocycles. The van der Waals surface area contributed by atoms with Crippen LogP contribution in [-0.4, -0.2) is 57.0 Å². The molecule has 0 saturated heterocycles. The van der Waals surface area contributed by atoms with Crippen LogP contribution < -0.4 is 15.5 Å². The molecule has 8 nitrogen and oxygen atoms in total. The maximum Gasteiger partial charge on any atom is 0.337 e. The van der Waals surface area contributed by atoms with Crippen LogP contribution in [0.2, 0.25) is 0 Å². The Bertz CT molecular complexity index is 1310. The van der Waals surface area contributed by atoms with Crippen LogP contribution in [0.25, 0.3) is 11.3 Å². The second-order valence-electron chi connectivity index (χ2n) is 8.58. The fraction of sp³-hybridized carbons (Fsp3) is 0.222. The number of fused-ring (bicyclic) bond motifs is 1. The highest BCUT2D eigenvalue weighted by Crippen LogP contribution is 2.39. The number of anilines is 3. The van der Waals surface area contributed by atoms with Crippen molar-refractivity contribution in [1.29, 1.82) is 0 Å². The zero-order valence-electron chi connectivity index (χ0n) is 20.6. The minimum Gasteiger partial charge on any atom is -0.465 e. The number of nitrogens with zero attached hydrogens (tertiary/aromatic N) is 2. The number of benzene rings is 2. The molecule has 0 fully saturated rings. The lowest BCUT2D eigenvalue weighted by molar-refractivity contribution is -0.116. The van der Waals surface area contributed by atoms with Crippen molar-refractivity contribution >= 4 is 57.5 Å². The average Bonchev–Trinajstić information content (AvgIpc) is 3.50. The van der Waals surface area contributed by atoms with Crippen molar-refractivity contribution < 1.29 is 19.1 Å². The van der Waals surface area contributed by atoms with Crippen molar-refractivity contribution in [1.82, 2.24) is 4.90 Å². The van der Waals surface area contributed by atoms with E-state index in [1.54, 1.807) is 30.0 Å². The van der Waals surface area contributed by atoms with Crippen LogP contribution in [0.5, 0.6) is 0 Å². The second kappa shape index (κ2) is 10.8. The molecule has 9 heteroatoms. The normalized spacial score (nSPS) is 13.8. The van der Waals surface area contributed by atoms with E-state index in [0.29, 0.717) is 34.6 Å². The maximum atomic E-state index is 13.1. The minimum atomic E-state index is -0.466. The fourth-order valence-electron chi connectivity index (χ4n) is 3.97. The van der Waals surface area contributed by atoms with E-state index in [1.807, 2.05) is 60.8 Å². The molecule has 0 spiro atoms. The Kier molecular flexibility index (Phi) is 7.52. The van der Waals surface area contributed by atoms with Gasteiger partial charge in [0.25, 0.3) is 5.91 Å². The van der Waals surface area contributed by atoms with E-state index < -0.39 is 5.97 Å². The summed E-state index contributed by atoms with van der Waals surface area (Å²) in [4.78, 5) is 41.9. The molecule has 3 aromatic rings. The molecule has 2 N–H and O–H groups in total. The summed E-state index contributed by atoms with van der Waals surface area (Å²) < 4.78 is 4.80. The molecule has 1 aliphatic heterocycles. The van der Waals surface area contributed by atoms with Gasteiger partial charge in [-0.15, -0.1) is 11.3 Å². The first-order valence-corrected chi connectivity index (χ1v) is 12.3. The molecule has 36 heavy (non-hydrogen) atoms. The van der Waals surface area contributed by atoms with Gasteiger partial charge in [0.05, 0.1) is 34.5 Å². The first-order valence-electron chi connectivity index (χ1n) is 11.4. The summed E-state index contributed by atoms with van der Waals surface area (Å²) in [6.45, 7) is 2.90.